The SMILES string of the molecule is NS(=O)(=O)c1ccc2ccccc2c1.O=C(O)C(F)(F)F. The van der Waals surface area contributed by atoms with Crippen molar-refractivity contribution in [3.8, 4) is 0 Å². The third-order valence-electron chi connectivity index (χ3n) is 2.29. The molecular weight excluding hydrogens is 311 g/mol. The van der Waals surface area contributed by atoms with Crippen LogP contribution >= 0.6 is 0 Å². The van der Waals surface area contributed by atoms with E-state index in [1.54, 1.807) is 12.1 Å². The van der Waals surface area contributed by atoms with Crippen LogP contribution in [0.3, 0.4) is 0 Å². The summed E-state index contributed by atoms with van der Waals surface area (Å²) in [6.45, 7) is 0. The molecule has 0 unspecified atom stereocenters. The molecule has 21 heavy (non-hydrogen) atoms. The summed E-state index contributed by atoms with van der Waals surface area (Å²) in [5, 5.41) is 14.0. The van der Waals surface area contributed by atoms with Crippen LogP contribution in [-0.2, 0) is 14.8 Å². The third-order valence-corrected chi connectivity index (χ3v) is 3.20. The van der Waals surface area contributed by atoms with Gasteiger partial charge in [-0.1, -0.05) is 30.3 Å². The molecule has 0 spiro atoms. The van der Waals surface area contributed by atoms with Gasteiger partial charge in [0.2, 0.25) is 10.0 Å². The van der Waals surface area contributed by atoms with E-state index in [0.717, 1.165) is 10.8 Å². The number of hydrogen-bond donors (Lipinski definition) is 2. The molecule has 2 aromatic carbocycles. The lowest BCUT2D eigenvalue weighted by Crippen LogP contribution is -2.21. The Morgan fingerprint density at radius 1 is 1.05 bits per heavy atom. The molecular formula is C12H10F3NO4S. The molecule has 3 N–H and O–H groups in total. The highest BCUT2D eigenvalue weighted by molar-refractivity contribution is 7.89. The minimum atomic E-state index is -5.08. The van der Waals surface area contributed by atoms with E-state index in [2.05, 4.69) is 0 Å². The first-order valence-corrected chi connectivity index (χ1v) is 6.88. The molecule has 0 aliphatic rings. The molecule has 0 aliphatic heterocycles. The molecule has 5 nitrogen and oxygen atoms in total. The molecule has 2 aromatic rings. The Morgan fingerprint density at radius 3 is 1.95 bits per heavy atom. The van der Waals surface area contributed by atoms with Gasteiger partial charge in [-0.15, -0.1) is 0 Å². The number of aliphatic carboxylic acids is 1. The Bertz CT molecular complexity index is 756. The van der Waals surface area contributed by atoms with Crippen LogP contribution in [0.15, 0.2) is 47.4 Å². The van der Waals surface area contributed by atoms with Crippen LogP contribution in [0, 0.1) is 0 Å². The Labute approximate surface area is 117 Å². The first-order chi connectivity index (χ1) is 9.51. The van der Waals surface area contributed by atoms with Gasteiger partial charge in [-0.3, -0.25) is 0 Å². The summed E-state index contributed by atoms with van der Waals surface area (Å²) in [6, 6.07) is 12.4. The van der Waals surface area contributed by atoms with Crippen LogP contribution in [0.5, 0.6) is 0 Å². The maximum absolute atomic E-state index is 11.1. The van der Waals surface area contributed by atoms with E-state index < -0.39 is 22.2 Å². The molecule has 0 amide bonds. The van der Waals surface area contributed by atoms with Crippen molar-refractivity contribution in [2.75, 3.05) is 0 Å². The summed E-state index contributed by atoms with van der Waals surface area (Å²) in [6.07, 6.45) is -5.08. The van der Waals surface area contributed by atoms with Crippen LogP contribution < -0.4 is 5.14 Å². The quantitative estimate of drug-likeness (QED) is 0.840. The first-order valence-electron chi connectivity index (χ1n) is 5.33. The summed E-state index contributed by atoms with van der Waals surface area (Å²) in [5.41, 5.74) is 0. The standard InChI is InChI=1S/C10H9NO2S.C2HF3O2/c11-14(12,13)10-6-5-8-3-1-2-4-9(8)7-10;3-2(4,5)1(6)7/h1-7H,(H2,11,12,13);(H,6,7). The zero-order chi connectivity index (χ0) is 16.3. The highest BCUT2D eigenvalue weighted by Crippen LogP contribution is 2.17. The number of benzene rings is 2. The van der Waals surface area contributed by atoms with E-state index in [-0.39, 0.29) is 4.90 Å². The Balaban J connectivity index is 0.000000270. The highest BCUT2D eigenvalue weighted by atomic mass is 32.2. The maximum atomic E-state index is 11.1. The number of alkyl halides is 3. The summed E-state index contributed by atoms with van der Waals surface area (Å²) >= 11 is 0. The zero-order valence-corrected chi connectivity index (χ0v) is 11.1. The van der Waals surface area contributed by atoms with E-state index in [4.69, 9.17) is 15.0 Å². The van der Waals surface area contributed by atoms with E-state index in [9.17, 15) is 21.6 Å². The molecule has 2 rings (SSSR count). The molecule has 0 radical (unpaired) electrons. The summed E-state index contributed by atoms with van der Waals surface area (Å²) in [4.78, 5) is 9.05. The van der Waals surface area contributed by atoms with Crippen molar-refractivity contribution in [2.45, 2.75) is 11.1 Å². The zero-order valence-electron chi connectivity index (χ0n) is 10.3. The van der Waals surface area contributed by atoms with Crippen molar-refractivity contribution in [3.63, 3.8) is 0 Å². The van der Waals surface area contributed by atoms with Crippen molar-refractivity contribution in [1.82, 2.24) is 0 Å². The molecule has 114 valence electrons. The first kappa shape index (κ1) is 16.9. The fourth-order valence-electron chi connectivity index (χ4n) is 1.34. The van der Waals surface area contributed by atoms with Crippen molar-refractivity contribution in [1.29, 1.82) is 0 Å². The van der Waals surface area contributed by atoms with Crippen LogP contribution in [0.1, 0.15) is 0 Å². The van der Waals surface area contributed by atoms with E-state index in [0.29, 0.717) is 0 Å². The molecule has 0 heterocycles. The largest absolute Gasteiger partial charge is 0.490 e. The van der Waals surface area contributed by atoms with Crippen LogP contribution in [0.2, 0.25) is 0 Å². The van der Waals surface area contributed by atoms with Crippen molar-refractivity contribution >= 4 is 26.8 Å². The van der Waals surface area contributed by atoms with Crippen LogP contribution in [0.25, 0.3) is 10.8 Å². The van der Waals surface area contributed by atoms with Crippen LogP contribution in [-0.4, -0.2) is 25.7 Å². The number of carbonyl (C=O) groups is 1. The number of rotatable bonds is 1. The van der Waals surface area contributed by atoms with E-state index in [1.165, 1.54) is 6.07 Å². The summed E-state index contributed by atoms with van der Waals surface area (Å²) < 4.78 is 53.8. The number of fused-ring (bicyclic) bond motifs is 1. The number of hydrogen-bond acceptors (Lipinski definition) is 3. The minimum absolute atomic E-state index is 0.149. The second-order valence-corrected chi connectivity index (χ2v) is 5.42. The fraction of sp³-hybridized carbons (Fsp3) is 0.0833. The van der Waals surface area contributed by atoms with Gasteiger partial charge in [0, 0.05) is 0 Å². The molecule has 0 fully saturated rings. The lowest BCUT2D eigenvalue weighted by molar-refractivity contribution is -0.192. The summed E-state index contributed by atoms with van der Waals surface area (Å²) in [5.74, 6) is -2.76. The Hall–Kier alpha value is -2.13. The normalized spacial score (nSPS) is 11.6. The van der Waals surface area contributed by atoms with Gasteiger partial charge < -0.3 is 5.11 Å². The molecule has 0 atom stereocenters. The lowest BCUT2D eigenvalue weighted by Gasteiger charge is -2.00. The number of nitrogens with two attached hydrogens (primary N) is 1. The van der Waals surface area contributed by atoms with Gasteiger partial charge in [-0.05, 0) is 22.9 Å². The molecule has 0 saturated carbocycles. The predicted molar refractivity (Wildman–Crippen MR) is 69.0 cm³/mol. The predicted octanol–water partition coefficient (Wildman–Crippen LogP) is 2.12. The second-order valence-electron chi connectivity index (χ2n) is 3.86. The number of primary sulfonamides is 1. The minimum Gasteiger partial charge on any atom is -0.475 e. The number of sulfonamides is 1. The van der Waals surface area contributed by atoms with Gasteiger partial charge in [0.15, 0.2) is 0 Å². The van der Waals surface area contributed by atoms with Crippen molar-refractivity contribution in [2.24, 2.45) is 5.14 Å². The van der Waals surface area contributed by atoms with Gasteiger partial charge in [-0.25, -0.2) is 18.4 Å². The molecule has 0 aliphatic carbocycles. The molecule has 0 aromatic heterocycles. The van der Waals surface area contributed by atoms with Gasteiger partial charge in [0.25, 0.3) is 0 Å². The molecule has 0 bridgehead atoms. The fourth-order valence-corrected chi connectivity index (χ4v) is 1.89. The van der Waals surface area contributed by atoms with E-state index in [1.807, 2.05) is 24.3 Å². The topological polar surface area (TPSA) is 97.5 Å². The maximum Gasteiger partial charge on any atom is 0.490 e. The number of carboxylic acids is 1. The smallest absolute Gasteiger partial charge is 0.475 e. The van der Waals surface area contributed by atoms with E-state index >= 15 is 0 Å². The van der Waals surface area contributed by atoms with Gasteiger partial charge in [0.05, 0.1) is 4.90 Å². The number of carboxylic acid groups (broad SMARTS) is 1. The lowest BCUT2D eigenvalue weighted by atomic mass is 10.1. The third kappa shape index (κ3) is 5.04. The highest BCUT2D eigenvalue weighted by Gasteiger charge is 2.38. The number of halogens is 3. The monoisotopic (exact) mass is 321 g/mol. The summed E-state index contributed by atoms with van der Waals surface area (Å²) in [7, 11) is -3.59. The van der Waals surface area contributed by atoms with Gasteiger partial charge in [-0.2, -0.15) is 13.2 Å². The van der Waals surface area contributed by atoms with Gasteiger partial charge >= 0.3 is 12.1 Å². The van der Waals surface area contributed by atoms with Gasteiger partial charge in [0.1, 0.15) is 0 Å². The second kappa shape index (κ2) is 6.10. The Morgan fingerprint density at radius 2 is 1.52 bits per heavy atom. The average molecular weight is 321 g/mol. The molecule has 9 heteroatoms. The molecule has 0 saturated heterocycles. The van der Waals surface area contributed by atoms with Crippen molar-refractivity contribution in [3.05, 3.63) is 42.5 Å². The van der Waals surface area contributed by atoms with Crippen molar-refractivity contribution < 1.29 is 31.5 Å². The van der Waals surface area contributed by atoms with Crippen LogP contribution in [0.4, 0.5) is 13.2 Å². The Kier molecular flexibility index (Phi) is 4.92. The average Bonchev–Trinajstić information content (AvgIpc) is 2.36.